The van der Waals surface area contributed by atoms with Crippen LogP contribution >= 0.6 is 13.6 Å². The van der Waals surface area contributed by atoms with Gasteiger partial charge in [-0.3, -0.25) is 0 Å². The first-order chi connectivity index (χ1) is 7.33. The minimum atomic E-state index is 1.04. The number of hydrogen-bond donors (Lipinski definition) is 0. The molecule has 80 valence electrons. The van der Waals surface area contributed by atoms with Crippen molar-refractivity contribution < 1.29 is 16.3 Å². The Morgan fingerprint density at radius 3 is 2.73 bits per heavy atom. The van der Waals surface area contributed by atoms with Crippen LogP contribution in [0.5, 0.6) is 0 Å². The fourth-order valence-electron chi connectivity index (χ4n) is 1.35. The maximum atomic E-state index is 3.10. The van der Waals surface area contributed by atoms with Crippen LogP contribution in [0, 0.1) is 6.07 Å². The normalized spacial score (nSPS) is 9.73. The molecule has 1 nitrogen and oxygen atoms in total. The molecule has 0 amide bonds. The second-order valence-electron chi connectivity index (χ2n) is 3.50. The van der Waals surface area contributed by atoms with Crippen molar-refractivity contribution in [2.24, 2.45) is 0 Å². The first kappa shape index (κ1) is 15.3. The van der Waals surface area contributed by atoms with Gasteiger partial charge < -0.3 is 4.90 Å². The molecule has 0 atom stereocenters. The van der Waals surface area contributed by atoms with Gasteiger partial charge in [-0.25, -0.2) is 0 Å². The Morgan fingerprint density at radius 1 is 1.47 bits per heavy atom. The molecule has 0 spiro atoms. The van der Waals surface area contributed by atoms with Crippen LogP contribution in [0.25, 0.3) is 0 Å². The first-order valence-electron chi connectivity index (χ1n) is 5.23. The molecule has 0 N–H and O–H groups in total. The van der Waals surface area contributed by atoms with E-state index in [9.17, 15) is 0 Å². The number of halogens is 1. The van der Waals surface area contributed by atoms with E-state index >= 15 is 0 Å². The Hall–Kier alpha value is 0.283. The summed E-state index contributed by atoms with van der Waals surface area (Å²) in [6.45, 7) is 4.45. The van der Waals surface area contributed by atoms with Crippen LogP contribution in [0.15, 0.2) is 24.3 Å². The van der Waals surface area contributed by atoms with Crippen molar-refractivity contribution in [3.8, 4) is 0 Å². The summed E-state index contributed by atoms with van der Waals surface area (Å²) in [4.78, 5) is 2.35. The summed E-state index contributed by atoms with van der Waals surface area (Å²) < 4.78 is 0. The summed E-state index contributed by atoms with van der Waals surface area (Å²) in [6.07, 6.45) is 2.55. The molecule has 0 heterocycles. The van der Waals surface area contributed by atoms with Gasteiger partial charge in [-0.1, -0.05) is 13.3 Å². The molecule has 0 radical (unpaired) electrons. The molecule has 15 heavy (non-hydrogen) atoms. The van der Waals surface area contributed by atoms with Gasteiger partial charge in [0.2, 0.25) is 0 Å². The summed E-state index contributed by atoms with van der Waals surface area (Å²) in [7, 11) is 2.17. The Kier molecular flexibility index (Phi) is 11.0. The predicted molar refractivity (Wildman–Crippen MR) is 65.4 cm³/mol. The number of hydrogen-bond acceptors (Lipinski definition) is 1. The fourth-order valence-corrected chi connectivity index (χ4v) is 1.35. The van der Waals surface area contributed by atoms with Crippen molar-refractivity contribution in [1.82, 2.24) is 4.90 Å². The van der Waals surface area contributed by atoms with Gasteiger partial charge >= 0.3 is 30.0 Å². The predicted octanol–water partition coefficient (Wildman–Crippen LogP) is 3.56. The molecule has 0 aliphatic heterocycles. The third-order valence-corrected chi connectivity index (χ3v) is 2.12. The molecule has 3 heteroatoms. The topological polar surface area (TPSA) is 3.24 Å². The van der Waals surface area contributed by atoms with Gasteiger partial charge in [-0.05, 0) is 26.6 Å². The molecule has 0 saturated carbocycles. The van der Waals surface area contributed by atoms with Crippen LogP contribution in [-0.2, 0) is 22.9 Å². The number of rotatable bonds is 5. The molecule has 0 aliphatic rings. The van der Waals surface area contributed by atoms with Gasteiger partial charge in [0.25, 0.3) is 0 Å². The van der Waals surface area contributed by atoms with Crippen LogP contribution in [0.3, 0.4) is 0 Å². The average Bonchev–Trinajstić information content (AvgIpc) is 2.30. The van der Waals surface area contributed by atoms with E-state index in [-0.39, 0.29) is 0 Å². The third kappa shape index (κ3) is 8.13. The maximum absolute atomic E-state index is 3.10. The molecule has 0 saturated heterocycles. The zero-order valence-electron chi connectivity index (χ0n) is 9.67. The Morgan fingerprint density at radius 2 is 2.20 bits per heavy atom. The van der Waals surface area contributed by atoms with Crippen LogP contribution in [0.1, 0.15) is 25.3 Å². The van der Waals surface area contributed by atoms with Crippen LogP contribution in [-0.4, -0.2) is 18.5 Å². The SMILES string of the molecule is CCCCN(C)Cc1c[c-]ccc1.[Zn+][Br]. The molecule has 1 aromatic carbocycles. The molecule has 1 rings (SSSR count). The average molecular weight is 322 g/mol. The van der Waals surface area contributed by atoms with Crippen LogP contribution < -0.4 is 0 Å². The summed E-state index contributed by atoms with van der Waals surface area (Å²) in [5, 5.41) is 0. The van der Waals surface area contributed by atoms with Crippen LogP contribution in [0.2, 0.25) is 0 Å². The second-order valence-corrected chi connectivity index (χ2v) is 3.50. The van der Waals surface area contributed by atoms with Gasteiger partial charge in [-0.15, -0.1) is 5.56 Å². The van der Waals surface area contributed by atoms with E-state index in [0.717, 1.165) is 6.54 Å². The van der Waals surface area contributed by atoms with Gasteiger partial charge in [-0.2, -0.15) is 30.3 Å². The van der Waals surface area contributed by atoms with E-state index in [1.165, 1.54) is 41.3 Å². The van der Waals surface area contributed by atoms with E-state index in [2.05, 4.69) is 50.7 Å². The van der Waals surface area contributed by atoms with E-state index in [1.807, 2.05) is 12.1 Å². The van der Waals surface area contributed by atoms with Crippen LogP contribution in [0.4, 0.5) is 0 Å². The zero-order valence-corrected chi connectivity index (χ0v) is 14.2. The minimum absolute atomic E-state index is 1.04. The van der Waals surface area contributed by atoms with Gasteiger partial charge in [0.1, 0.15) is 0 Å². The van der Waals surface area contributed by atoms with Crippen molar-refractivity contribution in [2.45, 2.75) is 26.3 Å². The number of unbranched alkanes of at least 4 members (excludes halogenated alkanes) is 1. The van der Waals surface area contributed by atoms with Gasteiger partial charge in [0.05, 0.1) is 0 Å². The Labute approximate surface area is 110 Å². The van der Waals surface area contributed by atoms with Crippen molar-refractivity contribution in [3.05, 3.63) is 35.9 Å². The fraction of sp³-hybridized carbons (Fsp3) is 0.500. The molecule has 0 bridgehead atoms. The monoisotopic (exact) mass is 319 g/mol. The number of nitrogens with zero attached hydrogens (tertiary/aromatic N) is 1. The van der Waals surface area contributed by atoms with Crippen molar-refractivity contribution >= 4 is 13.6 Å². The Balaban J connectivity index is 0.000000921. The van der Waals surface area contributed by atoms with E-state index in [4.69, 9.17) is 0 Å². The second kappa shape index (κ2) is 10.8. The number of benzene rings is 1. The molecule has 0 aromatic heterocycles. The summed E-state index contributed by atoms with van der Waals surface area (Å²) in [5.41, 5.74) is 1.35. The van der Waals surface area contributed by atoms with Crippen molar-refractivity contribution in [3.63, 3.8) is 0 Å². The van der Waals surface area contributed by atoms with E-state index in [1.54, 1.807) is 0 Å². The molecular formula is C12H18BrNZn. The molecular weight excluding hydrogens is 303 g/mol. The summed E-state index contributed by atoms with van der Waals surface area (Å²) >= 11 is 4.25. The molecule has 0 aliphatic carbocycles. The molecule has 1 aromatic rings. The summed E-state index contributed by atoms with van der Waals surface area (Å²) in [5.74, 6) is 0. The van der Waals surface area contributed by atoms with Gasteiger partial charge in [0.15, 0.2) is 0 Å². The summed E-state index contributed by atoms with van der Waals surface area (Å²) in [6, 6.07) is 11.3. The van der Waals surface area contributed by atoms with Crippen molar-refractivity contribution in [1.29, 1.82) is 0 Å². The molecule has 0 fully saturated rings. The van der Waals surface area contributed by atoms with E-state index in [0.29, 0.717) is 0 Å². The first-order valence-corrected chi connectivity index (χ1v) is 12.2. The van der Waals surface area contributed by atoms with Crippen molar-refractivity contribution in [2.75, 3.05) is 13.6 Å². The zero-order chi connectivity index (χ0) is 11.5. The quantitative estimate of drug-likeness (QED) is 0.592. The Bertz CT molecular complexity index is 228. The standard InChI is InChI=1S/C12H18N.BrH.Zn/c1-3-4-10-13(2)11-12-8-6-5-7-9-12;;/h5-6,8-9H,3-4,10-11H2,1-2H3;1H;/q-1;;+2/p-1. The third-order valence-electron chi connectivity index (χ3n) is 2.12. The van der Waals surface area contributed by atoms with E-state index < -0.39 is 0 Å². The van der Waals surface area contributed by atoms with Gasteiger partial charge in [0, 0.05) is 0 Å². The molecule has 0 unspecified atom stereocenters.